The molecule has 1 aromatic rings. The molecule has 0 aliphatic heterocycles. The molecule has 0 unspecified atom stereocenters. The Morgan fingerprint density at radius 1 is 1.25 bits per heavy atom. The van der Waals surface area contributed by atoms with Gasteiger partial charge in [0.1, 0.15) is 5.82 Å². The molecule has 0 fully saturated rings. The van der Waals surface area contributed by atoms with Crippen molar-refractivity contribution in [1.82, 2.24) is 0 Å². The monoisotopic (exact) mass is 173 g/mol. The Labute approximate surface area is 67.3 Å². The second kappa shape index (κ2) is 2.97. The van der Waals surface area contributed by atoms with E-state index in [2.05, 4.69) is 0 Å². The van der Waals surface area contributed by atoms with Crippen LogP contribution in [0, 0.1) is 22.9 Å². The highest BCUT2D eigenvalue weighted by molar-refractivity contribution is 5.96. The molecule has 0 amide bonds. The summed E-state index contributed by atoms with van der Waals surface area (Å²) < 4.78 is 37.7. The van der Waals surface area contributed by atoms with E-state index >= 15 is 0 Å². The summed E-state index contributed by atoms with van der Waals surface area (Å²) in [6.45, 7) is 1.26. The van der Waals surface area contributed by atoms with Crippen molar-refractivity contribution >= 4 is 5.71 Å². The van der Waals surface area contributed by atoms with Crippen LogP contribution >= 0.6 is 0 Å². The summed E-state index contributed by atoms with van der Waals surface area (Å²) in [4.78, 5) is 0. The van der Waals surface area contributed by atoms with E-state index in [0.717, 1.165) is 6.07 Å². The zero-order valence-corrected chi connectivity index (χ0v) is 6.29. The van der Waals surface area contributed by atoms with Crippen molar-refractivity contribution in [2.45, 2.75) is 6.92 Å². The zero-order valence-electron chi connectivity index (χ0n) is 6.29. The van der Waals surface area contributed by atoms with Gasteiger partial charge in [-0.15, -0.1) is 0 Å². The first-order valence-electron chi connectivity index (χ1n) is 3.22. The summed E-state index contributed by atoms with van der Waals surface area (Å²) in [5, 5.41) is 7.00. The maximum atomic E-state index is 12.7. The standard InChI is InChI=1S/C8H6F3N/c1-4(12)6-2-5(9)3-7(10)8(6)11/h2-3,12H,1H3. The van der Waals surface area contributed by atoms with E-state index in [4.69, 9.17) is 5.41 Å². The fourth-order valence-electron chi connectivity index (χ4n) is 0.829. The van der Waals surface area contributed by atoms with Gasteiger partial charge in [-0.05, 0) is 13.0 Å². The Balaban J connectivity index is 3.37. The molecule has 1 N–H and O–H groups in total. The smallest absolute Gasteiger partial charge is 0.168 e. The average molecular weight is 173 g/mol. The second-order valence-electron chi connectivity index (χ2n) is 2.37. The van der Waals surface area contributed by atoms with Gasteiger partial charge in [0.25, 0.3) is 0 Å². The molecule has 12 heavy (non-hydrogen) atoms. The van der Waals surface area contributed by atoms with Crippen LogP contribution in [0.1, 0.15) is 12.5 Å². The molecule has 1 rings (SSSR count). The molecular weight excluding hydrogens is 167 g/mol. The van der Waals surface area contributed by atoms with Crippen molar-refractivity contribution < 1.29 is 13.2 Å². The van der Waals surface area contributed by atoms with Gasteiger partial charge in [0.15, 0.2) is 11.6 Å². The third kappa shape index (κ3) is 1.47. The number of hydrogen-bond acceptors (Lipinski definition) is 1. The van der Waals surface area contributed by atoms with Gasteiger partial charge in [-0.3, -0.25) is 0 Å². The van der Waals surface area contributed by atoms with Crippen molar-refractivity contribution in [3.63, 3.8) is 0 Å². The van der Waals surface area contributed by atoms with Gasteiger partial charge < -0.3 is 5.41 Å². The van der Waals surface area contributed by atoms with Crippen LogP contribution in [0.4, 0.5) is 13.2 Å². The molecule has 1 aromatic carbocycles. The van der Waals surface area contributed by atoms with E-state index < -0.39 is 17.5 Å². The van der Waals surface area contributed by atoms with Gasteiger partial charge in [-0.25, -0.2) is 13.2 Å². The lowest BCUT2D eigenvalue weighted by Crippen LogP contribution is -2.01. The van der Waals surface area contributed by atoms with Crippen molar-refractivity contribution in [2.24, 2.45) is 0 Å². The minimum absolute atomic E-state index is 0.203. The maximum Gasteiger partial charge on any atom is 0.168 e. The second-order valence-corrected chi connectivity index (χ2v) is 2.37. The molecule has 0 saturated carbocycles. The fraction of sp³-hybridized carbons (Fsp3) is 0.125. The van der Waals surface area contributed by atoms with E-state index in [9.17, 15) is 13.2 Å². The Morgan fingerprint density at radius 3 is 2.33 bits per heavy atom. The van der Waals surface area contributed by atoms with E-state index in [-0.39, 0.29) is 11.3 Å². The molecule has 0 spiro atoms. The van der Waals surface area contributed by atoms with E-state index in [0.29, 0.717) is 6.07 Å². The molecule has 0 heterocycles. The maximum absolute atomic E-state index is 12.7. The van der Waals surface area contributed by atoms with Crippen LogP contribution in [0.3, 0.4) is 0 Å². The third-order valence-corrected chi connectivity index (χ3v) is 1.40. The highest BCUT2D eigenvalue weighted by Gasteiger charge is 2.11. The number of nitrogens with one attached hydrogen (secondary N) is 1. The van der Waals surface area contributed by atoms with Crippen molar-refractivity contribution in [1.29, 1.82) is 5.41 Å². The molecule has 1 nitrogen and oxygen atoms in total. The lowest BCUT2D eigenvalue weighted by atomic mass is 10.1. The zero-order chi connectivity index (χ0) is 9.30. The van der Waals surface area contributed by atoms with Gasteiger partial charge >= 0.3 is 0 Å². The lowest BCUT2D eigenvalue weighted by Gasteiger charge is -2.01. The summed E-state index contributed by atoms with van der Waals surface area (Å²) in [5.41, 5.74) is -0.543. The molecule has 4 heteroatoms. The van der Waals surface area contributed by atoms with Crippen molar-refractivity contribution in [2.75, 3.05) is 0 Å². The number of rotatable bonds is 1. The highest BCUT2D eigenvalue weighted by atomic mass is 19.2. The van der Waals surface area contributed by atoms with Gasteiger partial charge in [-0.1, -0.05) is 0 Å². The molecule has 0 atom stereocenters. The van der Waals surface area contributed by atoms with Crippen LogP contribution in [0.15, 0.2) is 12.1 Å². The molecule has 0 aliphatic rings. The summed E-state index contributed by atoms with van der Waals surface area (Å²) in [6.07, 6.45) is 0. The van der Waals surface area contributed by atoms with Crippen LogP contribution < -0.4 is 0 Å². The Hall–Kier alpha value is -1.32. The Kier molecular flexibility index (Phi) is 2.17. The van der Waals surface area contributed by atoms with Crippen molar-refractivity contribution in [3.8, 4) is 0 Å². The normalized spacial score (nSPS) is 10.0. The lowest BCUT2D eigenvalue weighted by molar-refractivity contribution is 0.493. The first-order chi connectivity index (χ1) is 5.52. The largest absolute Gasteiger partial charge is 0.305 e. The van der Waals surface area contributed by atoms with E-state index in [1.165, 1.54) is 6.92 Å². The summed E-state index contributed by atoms with van der Waals surface area (Å²) in [5.74, 6) is -3.32. The van der Waals surface area contributed by atoms with E-state index in [1.54, 1.807) is 0 Å². The molecule has 0 aromatic heterocycles. The van der Waals surface area contributed by atoms with Crippen LogP contribution in [-0.4, -0.2) is 5.71 Å². The molecular formula is C8H6F3N. The van der Waals surface area contributed by atoms with Gasteiger partial charge in [0.05, 0.1) is 0 Å². The van der Waals surface area contributed by atoms with Crippen LogP contribution in [0.2, 0.25) is 0 Å². The summed E-state index contributed by atoms with van der Waals surface area (Å²) >= 11 is 0. The highest BCUT2D eigenvalue weighted by Crippen LogP contribution is 2.14. The first kappa shape index (κ1) is 8.77. The van der Waals surface area contributed by atoms with Gasteiger partial charge in [0, 0.05) is 17.3 Å². The molecule has 0 radical (unpaired) electrons. The minimum atomic E-state index is -1.27. The van der Waals surface area contributed by atoms with Crippen LogP contribution in [-0.2, 0) is 0 Å². The fourth-order valence-corrected chi connectivity index (χ4v) is 0.829. The Morgan fingerprint density at radius 2 is 1.83 bits per heavy atom. The molecule has 0 aliphatic carbocycles. The van der Waals surface area contributed by atoms with Gasteiger partial charge in [0.2, 0.25) is 0 Å². The number of halogens is 3. The van der Waals surface area contributed by atoms with Gasteiger partial charge in [-0.2, -0.15) is 0 Å². The predicted octanol–water partition coefficient (Wildman–Crippen LogP) is 2.49. The molecule has 0 saturated heterocycles. The first-order valence-corrected chi connectivity index (χ1v) is 3.22. The predicted molar refractivity (Wildman–Crippen MR) is 38.8 cm³/mol. The average Bonchev–Trinajstić information content (AvgIpc) is 1.96. The summed E-state index contributed by atoms with van der Waals surface area (Å²) in [7, 11) is 0. The Bertz CT molecular complexity index is 333. The molecule has 0 bridgehead atoms. The topological polar surface area (TPSA) is 23.9 Å². The van der Waals surface area contributed by atoms with Crippen molar-refractivity contribution in [3.05, 3.63) is 35.1 Å². The van der Waals surface area contributed by atoms with Crippen LogP contribution in [0.25, 0.3) is 0 Å². The third-order valence-electron chi connectivity index (χ3n) is 1.40. The SMILES string of the molecule is CC(=N)c1cc(F)cc(F)c1F. The summed E-state index contributed by atoms with van der Waals surface area (Å²) in [6, 6.07) is 1.24. The molecule has 64 valence electrons. The minimum Gasteiger partial charge on any atom is -0.305 e. The number of hydrogen-bond donors (Lipinski definition) is 1. The number of benzene rings is 1. The quantitative estimate of drug-likeness (QED) is 0.498. The van der Waals surface area contributed by atoms with Crippen LogP contribution in [0.5, 0.6) is 0 Å². The van der Waals surface area contributed by atoms with E-state index in [1.807, 2.05) is 0 Å².